The number of pyridine rings is 1. The van der Waals surface area contributed by atoms with Gasteiger partial charge in [-0.15, -0.1) is 10.2 Å². The fourth-order valence-corrected chi connectivity index (χ4v) is 6.03. The van der Waals surface area contributed by atoms with E-state index in [0.29, 0.717) is 5.41 Å². The minimum absolute atomic E-state index is 0.489. The summed E-state index contributed by atoms with van der Waals surface area (Å²) in [6.07, 6.45) is 11.5. The molecule has 2 aromatic heterocycles. The van der Waals surface area contributed by atoms with Crippen LogP contribution in [0, 0.1) is 5.41 Å². The monoisotopic (exact) mass is 495 g/mol. The molecule has 3 aliphatic heterocycles. The Kier molecular flexibility index (Phi) is 6.19. The molecule has 1 spiro atoms. The highest BCUT2D eigenvalue weighted by Gasteiger charge is 2.45. The SMILES string of the molecule is CCC1=CC(c2ccc(-c3cnc4c(cnn4C)c3)cc2CC)=NN=C(N2CC3(CCN(C)CC3)C2)C1. The lowest BCUT2D eigenvalue weighted by atomic mass is 9.72. The number of fused-ring (bicyclic) bond motifs is 1. The van der Waals surface area contributed by atoms with E-state index in [1.54, 1.807) is 0 Å². The molecule has 0 bridgehead atoms. The fraction of sp³-hybridized carbons (Fsp3) is 0.467. The molecular formula is C30H37N7. The van der Waals surface area contributed by atoms with Gasteiger partial charge in [0.15, 0.2) is 5.65 Å². The van der Waals surface area contributed by atoms with Crippen LogP contribution < -0.4 is 0 Å². The van der Waals surface area contributed by atoms with Crippen molar-refractivity contribution in [2.24, 2.45) is 22.7 Å². The van der Waals surface area contributed by atoms with Crippen molar-refractivity contribution in [1.82, 2.24) is 24.6 Å². The van der Waals surface area contributed by atoms with Crippen molar-refractivity contribution in [3.63, 3.8) is 0 Å². The number of allylic oxidation sites excluding steroid dienone is 1. The zero-order chi connectivity index (χ0) is 25.6. The Labute approximate surface area is 219 Å². The topological polar surface area (TPSA) is 61.9 Å². The maximum atomic E-state index is 4.84. The van der Waals surface area contributed by atoms with E-state index in [1.807, 2.05) is 24.1 Å². The van der Waals surface area contributed by atoms with Crippen LogP contribution in [0.1, 0.15) is 50.7 Å². The van der Waals surface area contributed by atoms with E-state index < -0.39 is 0 Å². The van der Waals surface area contributed by atoms with Gasteiger partial charge >= 0.3 is 0 Å². The summed E-state index contributed by atoms with van der Waals surface area (Å²) in [5.41, 5.74) is 8.50. The Bertz CT molecular complexity index is 1410. The van der Waals surface area contributed by atoms with Gasteiger partial charge in [-0.3, -0.25) is 4.68 Å². The third-order valence-electron chi connectivity index (χ3n) is 8.59. The molecule has 3 aromatic rings. The Morgan fingerprint density at radius 2 is 1.73 bits per heavy atom. The fourth-order valence-electron chi connectivity index (χ4n) is 6.03. The van der Waals surface area contributed by atoms with E-state index in [9.17, 15) is 0 Å². The van der Waals surface area contributed by atoms with Gasteiger partial charge in [-0.05, 0) is 69.1 Å². The number of aromatic nitrogens is 3. The smallest absolute Gasteiger partial charge is 0.157 e. The van der Waals surface area contributed by atoms with Crippen LogP contribution in [0.4, 0.5) is 0 Å². The maximum absolute atomic E-state index is 4.84. The van der Waals surface area contributed by atoms with Crippen LogP contribution in [-0.4, -0.2) is 69.3 Å². The first kappa shape index (κ1) is 24.0. The van der Waals surface area contributed by atoms with Crippen molar-refractivity contribution < 1.29 is 0 Å². The van der Waals surface area contributed by atoms with Crippen LogP contribution in [0.3, 0.4) is 0 Å². The number of likely N-dealkylation sites (tertiary alicyclic amines) is 2. The van der Waals surface area contributed by atoms with Gasteiger partial charge in [0.05, 0.1) is 11.9 Å². The van der Waals surface area contributed by atoms with Crippen molar-refractivity contribution in [1.29, 1.82) is 0 Å². The summed E-state index contributed by atoms with van der Waals surface area (Å²) in [5.74, 6) is 1.14. The van der Waals surface area contributed by atoms with E-state index in [4.69, 9.17) is 10.2 Å². The largest absolute Gasteiger partial charge is 0.357 e. The molecule has 7 nitrogen and oxygen atoms in total. The van der Waals surface area contributed by atoms with Crippen LogP contribution >= 0.6 is 0 Å². The molecule has 0 unspecified atom stereocenters. The molecule has 0 atom stereocenters. The summed E-state index contributed by atoms with van der Waals surface area (Å²) >= 11 is 0. The third kappa shape index (κ3) is 4.50. The molecule has 0 N–H and O–H groups in total. The van der Waals surface area contributed by atoms with Crippen LogP contribution in [0.25, 0.3) is 22.2 Å². The highest BCUT2D eigenvalue weighted by atomic mass is 15.3. The zero-order valence-corrected chi connectivity index (χ0v) is 22.5. The van der Waals surface area contributed by atoms with Gasteiger partial charge in [0, 0.05) is 54.7 Å². The Balaban J connectivity index is 1.27. The second kappa shape index (κ2) is 9.53. The summed E-state index contributed by atoms with van der Waals surface area (Å²) in [6.45, 7) is 9.14. The van der Waals surface area contributed by atoms with Gasteiger partial charge < -0.3 is 9.80 Å². The average molecular weight is 496 g/mol. The van der Waals surface area contributed by atoms with Gasteiger partial charge in [-0.2, -0.15) is 5.10 Å². The van der Waals surface area contributed by atoms with Gasteiger partial charge in [0.2, 0.25) is 0 Å². The van der Waals surface area contributed by atoms with E-state index in [2.05, 4.69) is 71.1 Å². The normalized spacial score (nSPS) is 19.9. The summed E-state index contributed by atoms with van der Waals surface area (Å²) < 4.78 is 1.81. The number of hydrogen-bond donors (Lipinski definition) is 0. The van der Waals surface area contributed by atoms with Gasteiger partial charge in [0.1, 0.15) is 5.84 Å². The second-order valence-corrected chi connectivity index (χ2v) is 11.1. The number of aryl methyl sites for hydroxylation is 2. The summed E-state index contributed by atoms with van der Waals surface area (Å²) in [4.78, 5) is 9.57. The second-order valence-electron chi connectivity index (χ2n) is 11.1. The number of piperidine rings is 1. The predicted molar refractivity (Wildman–Crippen MR) is 151 cm³/mol. The van der Waals surface area contributed by atoms with Gasteiger partial charge in [0.25, 0.3) is 0 Å². The molecule has 2 fully saturated rings. The average Bonchev–Trinajstić information content (AvgIpc) is 3.14. The predicted octanol–water partition coefficient (Wildman–Crippen LogP) is 5.07. The molecule has 0 aliphatic carbocycles. The molecule has 2 saturated heterocycles. The first-order valence-electron chi connectivity index (χ1n) is 13.7. The number of hydrogen-bond acceptors (Lipinski definition) is 6. The highest BCUT2D eigenvalue weighted by Crippen LogP contribution is 2.41. The van der Waals surface area contributed by atoms with Crippen molar-refractivity contribution in [3.05, 3.63) is 59.4 Å². The van der Waals surface area contributed by atoms with Crippen molar-refractivity contribution >= 4 is 22.6 Å². The molecule has 0 amide bonds. The van der Waals surface area contributed by atoms with Crippen LogP contribution in [0.15, 0.2) is 58.5 Å². The number of benzene rings is 1. The lowest BCUT2D eigenvalue weighted by molar-refractivity contribution is -0.00173. The molecule has 1 aromatic carbocycles. The van der Waals surface area contributed by atoms with E-state index >= 15 is 0 Å². The molecule has 0 radical (unpaired) electrons. The molecule has 192 valence electrons. The Hall–Kier alpha value is -3.32. The van der Waals surface area contributed by atoms with E-state index in [-0.39, 0.29) is 0 Å². The third-order valence-corrected chi connectivity index (χ3v) is 8.59. The lowest BCUT2D eigenvalue weighted by Crippen LogP contribution is -2.61. The van der Waals surface area contributed by atoms with Crippen LogP contribution in [-0.2, 0) is 13.5 Å². The molecule has 37 heavy (non-hydrogen) atoms. The number of rotatable bonds is 4. The standard InChI is InChI=1S/C30H37N7/c1-5-21-13-27(33-34-28(14-21)37-19-30(20-37)9-11-35(3)12-10-30)26-8-7-23(15-22(26)6-2)24-16-25-18-32-36(4)29(25)31-17-24/h7-8,13,15-18H,5-6,9-12,14,19-20H2,1-4H3. The summed E-state index contributed by atoms with van der Waals surface area (Å²) in [6, 6.07) is 8.85. The highest BCUT2D eigenvalue weighted by molar-refractivity contribution is 6.11. The van der Waals surface area contributed by atoms with Crippen LogP contribution in [0.5, 0.6) is 0 Å². The lowest BCUT2D eigenvalue weighted by Gasteiger charge is -2.54. The molecule has 7 heteroatoms. The Morgan fingerprint density at radius 3 is 2.49 bits per heavy atom. The summed E-state index contributed by atoms with van der Waals surface area (Å²) in [5, 5.41) is 15.1. The van der Waals surface area contributed by atoms with Crippen molar-refractivity contribution in [2.75, 3.05) is 33.2 Å². The van der Waals surface area contributed by atoms with E-state index in [1.165, 1.54) is 48.2 Å². The van der Waals surface area contributed by atoms with Crippen molar-refractivity contribution in [2.45, 2.75) is 46.0 Å². The molecule has 6 rings (SSSR count). The first-order chi connectivity index (χ1) is 18.0. The molecule has 5 heterocycles. The molecular weight excluding hydrogens is 458 g/mol. The molecule has 3 aliphatic rings. The number of amidine groups is 1. The maximum Gasteiger partial charge on any atom is 0.157 e. The summed E-state index contributed by atoms with van der Waals surface area (Å²) in [7, 11) is 4.16. The van der Waals surface area contributed by atoms with Crippen LogP contribution in [0.2, 0.25) is 0 Å². The molecule has 0 saturated carbocycles. The quantitative estimate of drug-likeness (QED) is 0.507. The minimum atomic E-state index is 0.489. The number of nitrogens with zero attached hydrogens (tertiary/aromatic N) is 7. The Morgan fingerprint density at radius 1 is 0.919 bits per heavy atom. The first-order valence-corrected chi connectivity index (χ1v) is 13.7. The zero-order valence-electron chi connectivity index (χ0n) is 22.5. The van der Waals surface area contributed by atoms with Crippen molar-refractivity contribution in [3.8, 4) is 11.1 Å². The van der Waals surface area contributed by atoms with Gasteiger partial charge in [-0.1, -0.05) is 37.6 Å². The minimum Gasteiger partial charge on any atom is -0.357 e. The van der Waals surface area contributed by atoms with Gasteiger partial charge in [-0.25, -0.2) is 4.98 Å². The van der Waals surface area contributed by atoms with E-state index in [0.717, 1.165) is 60.5 Å².